The summed E-state index contributed by atoms with van der Waals surface area (Å²) in [4.78, 5) is 11.3. The summed E-state index contributed by atoms with van der Waals surface area (Å²) in [7, 11) is 1.92. The van der Waals surface area contributed by atoms with Crippen molar-refractivity contribution in [3.05, 3.63) is 54.9 Å². The Hall–Kier alpha value is -3.23. The number of hydrogen-bond acceptors (Lipinski definition) is 6. The maximum absolute atomic E-state index is 14.5. The minimum absolute atomic E-state index is 0.0446. The summed E-state index contributed by atoms with van der Waals surface area (Å²) in [6, 6.07) is 13.3. The third-order valence-corrected chi connectivity index (χ3v) is 5.75. The average molecular weight is 436 g/mol. The van der Waals surface area contributed by atoms with Gasteiger partial charge in [-0.05, 0) is 31.7 Å². The third kappa shape index (κ3) is 3.99. The van der Waals surface area contributed by atoms with E-state index in [1.54, 1.807) is 6.20 Å². The molecule has 1 saturated heterocycles. The molecule has 0 saturated carbocycles. The molecule has 5 rings (SSSR count). The number of ether oxygens (including phenoxy) is 2. The zero-order valence-electron chi connectivity index (χ0n) is 17.8. The number of hydrogen-bond donors (Lipinski definition) is 1. The molecule has 8 heteroatoms. The van der Waals surface area contributed by atoms with Gasteiger partial charge in [0.2, 0.25) is 0 Å². The summed E-state index contributed by atoms with van der Waals surface area (Å²) in [5.41, 5.74) is 2.99. The van der Waals surface area contributed by atoms with E-state index in [-0.39, 0.29) is 13.2 Å². The van der Waals surface area contributed by atoms with Crippen LogP contribution in [0.3, 0.4) is 0 Å². The van der Waals surface area contributed by atoms with Crippen molar-refractivity contribution in [2.45, 2.75) is 18.7 Å². The highest BCUT2D eigenvalue weighted by atomic mass is 19.1. The number of imidazole rings is 1. The van der Waals surface area contributed by atoms with Crippen LogP contribution in [0.4, 0.5) is 4.39 Å². The van der Waals surface area contributed by atoms with E-state index < -0.39 is 12.3 Å². The van der Waals surface area contributed by atoms with E-state index in [4.69, 9.17) is 19.6 Å². The van der Waals surface area contributed by atoms with Crippen LogP contribution in [0.5, 0.6) is 11.5 Å². The summed E-state index contributed by atoms with van der Waals surface area (Å²) >= 11 is 0. The van der Waals surface area contributed by atoms with Crippen molar-refractivity contribution in [1.82, 2.24) is 19.3 Å². The number of fused-ring (bicyclic) bond motifs is 2. The number of aliphatic hydroxyl groups excluding tert-OH is 1. The molecule has 166 valence electrons. The van der Waals surface area contributed by atoms with Crippen molar-refractivity contribution in [2.24, 2.45) is 0 Å². The monoisotopic (exact) mass is 436 g/mol. The van der Waals surface area contributed by atoms with Crippen LogP contribution < -0.4 is 9.47 Å². The van der Waals surface area contributed by atoms with Crippen LogP contribution in [-0.4, -0.2) is 70.0 Å². The SMILES string of the molecule is CN1CC[C@H](Oc2cccc3ccc(-c4cnc5cc(OCCO)ccn45)nc23)C(F)C1. The molecule has 3 aromatic heterocycles. The summed E-state index contributed by atoms with van der Waals surface area (Å²) in [5.74, 6) is 1.24. The van der Waals surface area contributed by atoms with Crippen LogP contribution >= 0.6 is 0 Å². The highest BCUT2D eigenvalue weighted by Gasteiger charge is 2.29. The van der Waals surface area contributed by atoms with Gasteiger partial charge < -0.3 is 19.5 Å². The van der Waals surface area contributed by atoms with Gasteiger partial charge in [-0.1, -0.05) is 18.2 Å². The Labute approximate surface area is 185 Å². The highest BCUT2D eigenvalue weighted by molar-refractivity contribution is 5.86. The summed E-state index contributed by atoms with van der Waals surface area (Å²) in [6.45, 7) is 1.37. The molecule has 7 nitrogen and oxygen atoms in total. The molecule has 4 aromatic rings. The minimum atomic E-state index is -1.03. The molecule has 1 unspecified atom stereocenters. The lowest BCUT2D eigenvalue weighted by Gasteiger charge is -2.32. The van der Waals surface area contributed by atoms with E-state index in [1.165, 1.54) is 0 Å². The van der Waals surface area contributed by atoms with Crippen molar-refractivity contribution in [3.63, 3.8) is 0 Å². The molecule has 1 aliphatic rings. The van der Waals surface area contributed by atoms with Crippen LogP contribution in [0, 0.1) is 0 Å². The Morgan fingerprint density at radius 2 is 2.12 bits per heavy atom. The van der Waals surface area contributed by atoms with E-state index in [2.05, 4.69) is 4.98 Å². The Morgan fingerprint density at radius 3 is 2.97 bits per heavy atom. The first-order valence-electron chi connectivity index (χ1n) is 10.7. The summed E-state index contributed by atoms with van der Waals surface area (Å²) in [5, 5.41) is 9.88. The fraction of sp³-hybridized carbons (Fsp3) is 0.333. The number of rotatable bonds is 6. The number of likely N-dealkylation sites (tertiary alicyclic amines) is 1. The van der Waals surface area contributed by atoms with E-state index in [0.29, 0.717) is 35.6 Å². The molecule has 2 atom stereocenters. The van der Waals surface area contributed by atoms with Gasteiger partial charge in [-0.15, -0.1) is 0 Å². The second-order valence-electron chi connectivity index (χ2n) is 8.05. The number of pyridine rings is 2. The fourth-order valence-electron chi connectivity index (χ4n) is 4.09. The number of alkyl halides is 1. The van der Waals surface area contributed by atoms with Gasteiger partial charge in [0.05, 0.1) is 24.2 Å². The fourth-order valence-corrected chi connectivity index (χ4v) is 4.09. The molecular formula is C24H25FN4O3. The number of halogens is 1. The Kier molecular flexibility index (Phi) is 5.63. The van der Waals surface area contributed by atoms with Crippen LogP contribution in [0.1, 0.15) is 6.42 Å². The van der Waals surface area contributed by atoms with Crippen LogP contribution in [-0.2, 0) is 0 Å². The van der Waals surface area contributed by atoms with Crippen molar-refractivity contribution in [3.8, 4) is 22.9 Å². The van der Waals surface area contributed by atoms with Gasteiger partial charge in [-0.25, -0.2) is 14.4 Å². The van der Waals surface area contributed by atoms with Crippen LogP contribution in [0.2, 0.25) is 0 Å². The topological polar surface area (TPSA) is 72.1 Å². The molecule has 0 amide bonds. The van der Waals surface area contributed by atoms with Gasteiger partial charge in [0.15, 0.2) is 0 Å². The molecule has 0 aliphatic carbocycles. The van der Waals surface area contributed by atoms with Gasteiger partial charge in [0.1, 0.15) is 41.5 Å². The van der Waals surface area contributed by atoms with Gasteiger partial charge in [0, 0.05) is 30.7 Å². The largest absolute Gasteiger partial charge is 0.491 e. The van der Waals surface area contributed by atoms with Gasteiger partial charge in [0.25, 0.3) is 0 Å². The standard InChI is InChI=1S/C24H25FN4O3/c1-28-9-8-21(18(25)15-28)32-22-4-2-3-16-5-6-19(27-24(16)22)20-14-26-23-13-17(31-12-11-30)7-10-29(20)23/h2-7,10,13-14,18,21,30H,8-9,11-12,15H2,1H3/t18?,21-/m0/s1. The van der Waals surface area contributed by atoms with Gasteiger partial charge in [-0.3, -0.25) is 4.40 Å². The first kappa shape index (κ1) is 20.7. The molecular weight excluding hydrogens is 411 g/mol. The Bertz CT molecular complexity index is 1240. The van der Waals surface area contributed by atoms with E-state index in [9.17, 15) is 4.39 Å². The second kappa shape index (κ2) is 8.72. The lowest BCUT2D eigenvalue weighted by Crippen LogP contribution is -2.45. The number of aliphatic hydroxyl groups is 1. The lowest BCUT2D eigenvalue weighted by molar-refractivity contribution is 0.0321. The van der Waals surface area contributed by atoms with Crippen LogP contribution in [0.15, 0.2) is 54.9 Å². The van der Waals surface area contributed by atoms with E-state index in [0.717, 1.165) is 23.3 Å². The van der Waals surface area contributed by atoms with Crippen molar-refractivity contribution < 1.29 is 19.0 Å². The highest BCUT2D eigenvalue weighted by Crippen LogP contribution is 2.30. The second-order valence-corrected chi connectivity index (χ2v) is 8.05. The Balaban J connectivity index is 1.48. The average Bonchev–Trinajstić information content (AvgIpc) is 3.22. The lowest BCUT2D eigenvalue weighted by atomic mass is 10.1. The molecule has 1 N–H and O–H groups in total. The molecule has 1 aliphatic heterocycles. The number of para-hydroxylation sites is 1. The van der Waals surface area contributed by atoms with Crippen molar-refractivity contribution in [2.75, 3.05) is 33.4 Å². The smallest absolute Gasteiger partial charge is 0.149 e. The summed E-state index contributed by atoms with van der Waals surface area (Å²) < 4.78 is 28.1. The first-order chi connectivity index (χ1) is 15.6. The quantitative estimate of drug-likeness (QED) is 0.500. The normalized spacial score (nSPS) is 19.5. The molecule has 1 aromatic carbocycles. The molecule has 4 heterocycles. The minimum Gasteiger partial charge on any atom is -0.491 e. The Morgan fingerprint density at radius 1 is 1.22 bits per heavy atom. The zero-order valence-corrected chi connectivity index (χ0v) is 17.8. The van der Waals surface area contributed by atoms with Gasteiger partial charge >= 0.3 is 0 Å². The first-order valence-corrected chi connectivity index (χ1v) is 10.7. The predicted octanol–water partition coefficient (Wildman–Crippen LogP) is 3.34. The maximum Gasteiger partial charge on any atom is 0.149 e. The molecule has 32 heavy (non-hydrogen) atoms. The zero-order chi connectivity index (χ0) is 22.1. The number of nitrogens with zero attached hydrogens (tertiary/aromatic N) is 4. The summed E-state index contributed by atoms with van der Waals surface area (Å²) in [6.07, 6.45) is 2.76. The van der Waals surface area contributed by atoms with Gasteiger partial charge in [-0.2, -0.15) is 0 Å². The molecule has 1 fully saturated rings. The maximum atomic E-state index is 14.5. The number of benzene rings is 1. The molecule has 0 radical (unpaired) electrons. The van der Waals surface area contributed by atoms with E-state index in [1.807, 2.05) is 65.0 Å². The van der Waals surface area contributed by atoms with Crippen molar-refractivity contribution in [1.29, 1.82) is 0 Å². The van der Waals surface area contributed by atoms with E-state index >= 15 is 0 Å². The van der Waals surface area contributed by atoms with Crippen LogP contribution in [0.25, 0.3) is 27.9 Å². The predicted molar refractivity (Wildman–Crippen MR) is 120 cm³/mol. The number of piperidine rings is 1. The third-order valence-electron chi connectivity index (χ3n) is 5.75. The molecule has 0 bridgehead atoms. The van der Waals surface area contributed by atoms with Crippen molar-refractivity contribution >= 4 is 16.6 Å². The number of aromatic nitrogens is 3. The molecule has 0 spiro atoms.